The molecule has 0 rings (SSSR count). The molecule has 0 aliphatic heterocycles. The molecule has 0 aromatic rings. The number of hydrogen-bond acceptors (Lipinski definition) is 4. The van der Waals surface area contributed by atoms with Gasteiger partial charge in [-0.3, -0.25) is 9.59 Å². The fraction of sp³-hybridized carbons (Fsp3) is 0.947. The Balaban J connectivity index is 3.62. The van der Waals surface area contributed by atoms with Gasteiger partial charge in [0.1, 0.15) is 12.2 Å². The lowest BCUT2D eigenvalue weighted by Gasteiger charge is -2.17. The second-order valence-electron chi connectivity index (χ2n) is 13.2. The summed E-state index contributed by atoms with van der Waals surface area (Å²) in [5, 5.41) is 0. The highest BCUT2D eigenvalue weighted by atomic mass is 16.5. The summed E-state index contributed by atoms with van der Waals surface area (Å²) < 4.78 is 11.5. The molecule has 0 aliphatic carbocycles. The zero-order valence-corrected chi connectivity index (χ0v) is 29.2. The zero-order chi connectivity index (χ0) is 31.1. The van der Waals surface area contributed by atoms with Crippen molar-refractivity contribution in [3.8, 4) is 0 Å². The first-order valence-electron chi connectivity index (χ1n) is 18.9. The summed E-state index contributed by atoms with van der Waals surface area (Å²) in [6, 6.07) is 0. The summed E-state index contributed by atoms with van der Waals surface area (Å²) in [7, 11) is 0. The van der Waals surface area contributed by atoms with E-state index in [9.17, 15) is 9.59 Å². The average Bonchev–Trinajstić information content (AvgIpc) is 2.98. The van der Waals surface area contributed by atoms with E-state index in [1.54, 1.807) is 0 Å². The van der Waals surface area contributed by atoms with Gasteiger partial charge in [0, 0.05) is 12.8 Å². The number of carbonyl (C=O) groups excluding carboxylic acids is 2. The second kappa shape index (κ2) is 31.4. The largest absolute Gasteiger partial charge is 0.462 e. The van der Waals surface area contributed by atoms with Crippen LogP contribution in [0.4, 0.5) is 0 Å². The standard InChI is InChI=1S/C38H74O4/c1-6-10-28-35(29-11-7-2)41-37(39)32-24-20-16-14-18-22-26-34(5)27-23-19-15-17-21-25-33-38(40)42-36(30-12-8-3)31-13-9-4/h34-36H,6-33H2,1-5H3. The highest BCUT2D eigenvalue weighted by Gasteiger charge is 2.14. The Kier molecular flexibility index (Phi) is 30.6. The predicted octanol–water partition coefficient (Wildman–Crippen LogP) is 12.4. The minimum atomic E-state index is 0.0229. The Morgan fingerprint density at radius 1 is 0.405 bits per heavy atom. The number of hydrogen-bond donors (Lipinski definition) is 0. The second-order valence-corrected chi connectivity index (χ2v) is 13.2. The first-order chi connectivity index (χ1) is 20.5. The van der Waals surface area contributed by atoms with Crippen LogP contribution in [0.5, 0.6) is 0 Å². The fourth-order valence-electron chi connectivity index (χ4n) is 5.82. The van der Waals surface area contributed by atoms with Crippen molar-refractivity contribution in [2.75, 3.05) is 0 Å². The van der Waals surface area contributed by atoms with Gasteiger partial charge in [-0.2, -0.15) is 0 Å². The molecule has 0 aromatic carbocycles. The molecule has 4 nitrogen and oxygen atoms in total. The maximum Gasteiger partial charge on any atom is 0.306 e. The molecular weight excluding hydrogens is 520 g/mol. The molecule has 0 saturated carbocycles. The summed E-state index contributed by atoms with van der Waals surface area (Å²) in [4.78, 5) is 24.5. The molecule has 42 heavy (non-hydrogen) atoms. The molecule has 250 valence electrons. The molecule has 0 aliphatic rings. The fourth-order valence-corrected chi connectivity index (χ4v) is 5.82. The number of rotatable bonds is 32. The molecule has 0 heterocycles. The van der Waals surface area contributed by atoms with Crippen LogP contribution in [0.1, 0.15) is 214 Å². The van der Waals surface area contributed by atoms with Gasteiger partial charge in [-0.15, -0.1) is 0 Å². The third kappa shape index (κ3) is 27.8. The van der Waals surface area contributed by atoms with E-state index in [4.69, 9.17) is 9.47 Å². The van der Waals surface area contributed by atoms with Crippen LogP contribution >= 0.6 is 0 Å². The topological polar surface area (TPSA) is 52.6 Å². The van der Waals surface area contributed by atoms with Gasteiger partial charge in [0.2, 0.25) is 0 Å². The number of unbranched alkanes of at least 4 members (excludes halogenated alkanes) is 14. The van der Waals surface area contributed by atoms with Crippen LogP contribution in [0.3, 0.4) is 0 Å². The van der Waals surface area contributed by atoms with E-state index < -0.39 is 0 Å². The Bertz CT molecular complexity index is 524. The molecule has 0 radical (unpaired) electrons. The number of ether oxygens (including phenoxy) is 2. The van der Waals surface area contributed by atoms with Crippen LogP contribution in [-0.2, 0) is 19.1 Å². The van der Waals surface area contributed by atoms with Crippen LogP contribution in [0.2, 0.25) is 0 Å². The van der Waals surface area contributed by atoms with Crippen LogP contribution in [0, 0.1) is 5.92 Å². The first-order valence-corrected chi connectivity index (χ1v) is 18.9. The van der Waals surface area contributed by atoms with E-state index in [0.717, 1.165) is 83.0 Å². The van der Waals surface area contributed by atoms with Crippen LogP contribution in [-0.4, -0.2) is 24.1 Å². The molecular formula is C38H74O4. The monoisotopic (exact) mass is 595 g/mol. The van der Waals surface area contributed by atoms with Crippen LogP contribution in [0.25, 0.3) is 0 Å². The maximum absolute atomic E-state index is 12.2. The van der Waals surface area contributed by atoms with Crippen molar-refractivity contribution in [3.05, 3.63) is 0 Å². The van der Waals surface area contributed by atoms with Gasteiger partial charge in [0.25, 0.3) is 0 Å². The minimum absolute atomic E-state index is 0.0229. The van der Waals surface area contributed by atoms with Gasteiger partial charge >= 0.3 is 11.9 Å². The normalized spacial score (nSPS) is 11.6. The SMILES string of the molecule is CCCCC(CCCC)OC(=O)CCCCCCCCC(C)CCCCCCCCC(=O)OC(CCCC)CCCC. The van der Waals surface area contributed by atoms with E-state index in [2.05, 4.69) is 34.6 Å². The minimum Gasteiger partial charge on any atom is -0.462 e. The predicted molar refractivity (Wildman–Crippen MR) is 181 cm³/mol. The van der Waals surface area contributed by atoms with E-state index in [1.807, 2.05) is 0 Å². The highest BCUT2D eigenvalue weighted by molar-refractivity contribution is 5.69. The van der Waals surface area contributed by atoms with Crippen LogP contribution < -0.4 is 0 Å². The van der Waals surface area contributed by atoms with Crippen LogP contribution in [0.15, 0.2) is 0 Å². The number of carbonyl (C=O) groups is 2. The lowest BCUT2D eigenvalue weighted by Crippen LogP contribution is -2.18. The Hall–Kier alpha value is -1.06. The van der Waals surface area contributed by atoms with Crippen molar-refractivity contribution in [1.29, 1.82) is 0 Å². The summed E-state index contributed by atoms with van der Waals surface area (Å²) >= 11 is 0. The van der Waals surface area contributed by atoms with Gasteiger partial charge in [-0.1, -0.05) is 163 Å². The van der Waals surface area contributed by atoms with Gasteiger partial charge in [-0.05, 0) is 44.4 Å². The highest BCUT2D eigenvalue weighted by Crippen LogP contribution is 2.20. The maximum atomic E-state index is 12.2. The molecule has 0 spiro atoms. The van der Waals surface area contributed by atoms with Crippen molar-refractivity contribution in [2.24, 2.45) is 5.92 Å². The number of esters is 2. The lowest BCUT2D eigenvalue weighted by molar-refractivity contribution is -0.151. The summed E-state index contributed by atoms with van der Waals surface area (Å²) in [6.07, 6.45) is 32.2. The molecule has 0 saturated heterocycles. The van der Waals surface area contributed by atoms with Crippen molar-refractivity contribution < 1.29 is 19.1 Å². The molecule has 0 fully saturated rings. The Labute approximate surface area is 263 Å². The van der Waals surface area contributed by atoms with Crippen molar-refractivity contribution in [1.82, 2.24) is 0 Å². The first kappa shape index (κ1) is 40.9. The molecule has 0 aromatic heterocycles. The van der Waals surface area contributed by atoms with Gasteiger partial charge in [-0.25, -0.2) is 0 Å². The van der Waals surface area contributed by atoms with Gasteiger partial charge in [0.15, 0.2) is 0 Å². The van der Waals surface area contributed by atoms with E-state index in [-0.39, 0.29) is 24.1 Å². The third-order valence-corrected chi connectivity index (χ3v) is 8.77. The molecule has 0 bridgehead atoms. The lowest BCUT2D eigenvalue weighted by atomic mass is 9.96. The summed E-state index contributed by atoms with van der Waals surface area (Å²) in [5.41, 5.74) is 0. The third-order valence-electron chi connectivity index (χ3n) is 8.77. The summed E-state index contributed by atoms with van der Waals surface area (Å²) in [5.74, 6) is 0.876. The van der Waals surface area contributed by atoms with E-state index >= 15 is 0 Å². The van der Waals surface area contributed by atoms with E-state index in [0.29, 0.717) is 12.8 Å². The molecule has 0 amide bonds. The molecule has 0 unspecified atom stereocenters. The quantitative estimate of drug-likeness (QED) is 0.0574. The Morgan fingerprint density at radius 3 is 1.00 bits per heavy atom. The van der Waals surface area contributed by atoms with Crippen molar-refractivity contribution in [2.45, 2.75) is 227 Å². The van der Waals surface area contributed by atoms with Gasteiger partial charge < -0.3 is 9.47 Å². The summed E-state index contributed by atoms with van der Waals surface area (Å²) in [6.45, 7) is 11.2. The van der Waals surface area contributed by atoms with E-state index in [1.165, 1.54) is 89.9 Å². The smallest absolute Gasteiger partial charge is 0.306 e. The van der Waals surface area contributed by atoms with Gasteiger partial charge in [0.05, 0.1) is 0 Å². The molecule has 0 atom stereocenters. The molecule has 4 heteroatoms. The average molecular weight is 595 g/mol. The Morgan fingerprint density at radius 2 is 0.690 bits per heavy atom. The zero-order valence-electron chi connectivity index (χ0n) is 29.2. The molecule has 0 N–H and O–H groups in total. The van der Waals surface area contributed by atoms with Crippen molar-refractivity contribution in [3.63, 3.8) is 0 Å². The van der Waals surface area contributed by atoms with Crippen molar-refractivity contribution >= 4 is 11.9 Å².